The minimum absolute atomic E-state index is 0.0593. The molecule has 1 aromatic heterocycles. The quantitative estimate of drug-likeness (QED) is 0.850. The normalized spacial score (nSPS) is 11.3. The van der Waals surface area contributed by atoms with Crippen molar-refractivity contribution in [2.45, 2.75) is 25.7 Å². The Bertz CT molecular complexity index is 735. The number of hydrogen-bond donors (Lipinski definition) is 2. The third kappa shape index (κ3) is 3.08. The largest absolute Gasteiger partial charge is 0.398 e. The molecular weight excluding hydrogens is 274 g/mol. The fourth-order valence-corrected chi connectivity index (χ4v) is 3.11. The Morgan fingerprint density at radius 2 is 1.75 bits per heavy atom. The molecule has 106 valence electrons. The molecule has 0 bridgehead atoms. The highest BCUT2D eigenvalue weighted by atomic mass is 32.2. The van der Waals surface area contributed by atoms with Crippen molar-refractivity contribution in [2.24, 2.45) is 0 Å². The smallest absolute Gasteiger partial charge is 0.265 e. The zero-order valence-electron chi connectivity index (χ0n) is 11.6. The van der Waals surface area contributed by atoms with Gasteiger partial charge in [-0.05, 0) is 56.2 Å². The van der Waals surface area contributed by atoms with Crippen LogP contribution in [0.25, 0.3) is 0 Å². The van der Waals surface area contributed by atoms with E-state index >= 15 is 0 Å². The summed E-state index contributed by atoms with van der Waals surface area (Å²) < 4.78 is 27.1. The van der Waals surface area contributed by atoms with Gasteiger partial charge in [-0.25, -0.2) is 13.4 Å². The minimum atomic E-state index is -3.73. The highest BCUT2D eigenvalue weighted by molar-refractivity contribution is 7.92. The van der Waals surface area contributed by atoms with Gasteiger partial charge in [0.15, 0.2) is 0 Å². The van der Waals surface area contributed by atoms with Gasteiger partial charge in [0.05, 0.1) is 5.69 Å². The standard InChI is InChI=1S/C14H17N3O2S/c1-9-4-5-13(12(15)7-9)20(18,19)17-14-8-10(2)6-11(3)16-14/h4-8H,15H2,1-3H3,(H,16,17). The van der Waals surface area contributed by atoms with Crippen LogP contribution in [-0.4, -0.2) is 13.4 Å². The van der Waals surface area contributed by atoms with Gasteiger partial charge in [-0.15, -0.1) is 0 Å². The van der Waals surface area contributed by atoms with E-state index in [4.69, 9.17) is 5.73 Å². The molecule has 0 fully saturated rings. The van der Waals surface area contributed by atoms with E-state index in [0.29, 0.717) is 5.82 Å². The van der Waals surface area contributed by atoms with Crippen LogP contribution in [0.3, 0.4) is 0 Å². The van der Waals surface area contributed by atoms with Gasteiger partial charge in [0.1, 0.15) is 10.7 Å². The number of sulfonamides is 1. The highest BCUT2D eigenvalue weighted by Gasteiger charge is 2.18. The van der Waals surface area contributed by atoms with Gasteiger partial charge in [-0.2, -0.15) is 0 Å². The van der Waals surface area contributed by atoms with E-state index in [0.717, 1.165) is 16.8 Å². The van der Waals surface area contributed by atoms with Gasteiger partial charge in [-0.1, -0.05) is 6.07 Å². The summed E-state index contributed by atoms with van der Waals surface area (Å²) in [4.78, 5) is 4.22. The van der Waals surface area contributed by atoms with Crippen LogP contribution < -0.4 is 10.5 Å². The van der Waals surface area contributed by atoms with Crippen LogP contribution in [0, 0.1) is 20.8 Å². The zero-order chi connectivity index (χ0) is 14.9. The monoisotopic (exact) mass is 291 g/mol. The summed E-state index contributed by atoms with van der Waals surface area (Å²) in [6.45, 7) is 5.55. The maximum absolute atomic E-state index is 12.3. The van der Waals surface area contributed by atoms with Gasteiger partial charge in [0.2, 0.25) is 0 Å². The van der Waals surface area contributed by atoms with Crippen molar-refractivity contribution in [3.63, 3.8) is 0 Å². The topological polar surface area (TPSA) is 85.1 Å². The van der Waals surface area contributed by atoms with E-state index in [2.05, 4.69) is 9.71 Å². The molecule has 1 aromatic carbocycles. The Morgan fingerprint density at radius 3 is 2.35 bits per heavy atom. The van der Waals surface area contributed by atoms with Gasteiger partial charge in [0.25, 0.3) is 10.0 Å². The predicted octanol–water partition coefficient (Wildman–Crippen LogP) is 2.39. The van der Waals surface area contributed by atoms with E-state index in [9.17, 15) is 8.42 Å². The van der Waals surface area contributed by atoms with Crippen LogP contribution in [0.4, 0.5) is 11.5 Å². The maximum Gasteiger partial charge on any atom is 0.265 e. The Hall–Kier alpha value is -2.08. The average molecular weight is 291 g/mol. The molecule has 2 aromatic rings. The van der Waals surface area contributed by atoms with E-state index in [-0.39, 0.29) is 10.6 Å². The Kier molecular flexibility index (Phi) is 3.67. The van der Waals surface area contributed by atoms with Crippen molar-refractivity contribution in [3.05, 3.63) is 47.2 Å². The second-order valence-electron chi connectivity index (χ2n) is 4.82. The molecule has 5 nitrogen and oxygen atoms in total. The van der Waals surface area contributed by atoms with Crippen molar-refractivity contribution in [3.8, 4) is 0 Å². The fraction of sp³-hybridized carbons (Fsp3) is 0.214. The molecule has 0 saturated carbocycles. The number of nitrogens with two attached hydrogens (primary N) is 1. The molecule has 0 spiro atoms. The number of nitrogens with zero attached hydrogens (tertiary/aromatic N) is 1. The summed E-state index contributed by atoms with van der Waals surface area (Å²) in [5.41, 5.74) is 8.60. The lowest BCUT2D eigenvalue weighted by Crippen LogP contribution is -2.16. The molecule has 0 aliphatic heterocycles. The average Bonchev–Trinajstić information content (AvgIpc) is 2.25. The lowest BCUT2D eigenvalue weighted by atomic mass is 10.2. The number of hydrogen-bond acceptors (Lipinski definition) is 4. The molecule has 0 radical (unpaired) electrons. The predicted molar refractivity (Wildman–Crippen MR) is 80.1 cm³/mol. The summed E-state index contributed by atoms with van der Waals surface area (Å²) >= 11 is 0. The van der Waals surface area contributed by atoms with Crippen LogP contribution in [0.2, 0.25) is 0 Å². The summed E-state index contributed by atoms with van der Waals surface area (Å²) in [5.74, 6) is 0.294. The van der Waals surface area contributed by atoms with E-state index in [1.165, 1.54) is 6.07 Å². The second-order valence-corrected chi connectivity index (χ2v) is 6.47. The van der Waals surface area contributed by atoms with Crippen molar-refractivity contribution in [2.75, 3.05) is 10.5 Å². The molecule has 2 rings (SSSR count). The fourth-order valence-electron chi connectivity index (χ4n) is 2.00. The first kappa shape index (κ1) is 14.3. The number of nitrogen functional groups attached to an aromatic ring is 1. The first-order chi connectivity index (χ1) is 9.28. The molecule has 3 N–H and O–H groups in total. The second kappa shape index (κ2) is 5.13. The van der Waals surface area contributed by atoms with Crippen LogP contribution in [0.5, 0.6) is 0 Å². The summed E-state index contributed by atoms with van der Waals surface area (Å²) in [6, 6.07) is 8.38. The molecule has 0 saturated heterocycles. The number of aryl methyl sites for hydroxylation is 3. The number of benzene rings is 1. The minimum Gasteiger partial charge on any atom is -0.398 e. The highest BCUT2D eigenvalue weighted by Crippen LogP contribution is 2.22. The van der Waals surface area contributed by atoms with Gasteiger partial charge < -0.3 is 5.73 Å². The third-order valence-corrected chi connectivity index (χ3v) is 4.22. The molecule has 6 heteroatoms. The van der Waals surface area contributed by atoms with Crippen LogP contribution in [-0.2, 0) is 10.0 Å². The van der Waals surface area contributed by atoms with Gasteiger partial charge in [-0.3, -0.25) is 4.72 Å². The van der Waals surface area contributed by atoms with E-state index in [1.807, 2.05) is 26.8 Å². The van der Waals surface area contributed by atoms with Gasteiger partial charge in [0, 0.05) is 5.69 Å². The Balaban J connectivity index is 2.40. The van der Waals surface area contributed by atoms with Crippen LogP contribution in [0.1, 0.15) is 16.8 Å². The zero-order valence-corrected chi connectivity index (χ0v) is 12.5. The van der Waals surface area contributed by atoms with Crippen molar-refractivity contribution < 1.29 is 8.42 Å². The molecule has 20 heavy (non-hydrogen) atoms. The first-order valence-corrected chi connectivity index (χ1v) is 7.60. The number of anilines is 2. The van der Waals surface area contributed by atoms with E-state index in [1.54, 1.807) is 18.2 Å². The van der Waals surface area contributed by atoms with Crippen molar-refractivity contribution in [1.82, 2.24) is 4.98 Å². The molecule has 1 heterocycles. The first-order valence-electron chi connectivity index (χ1n) is 6.12. The lowest BCUT2D eigenvalue weighted by Gasteiger charge is -2.11. The number of aromatic nitrogens is 1. The Labute approximate surface area is 118 Å². The summed E-state index contributed by atoms with van der Waals surface area (Å²) in [7, 11) is -3.73. The maximum atomic E-state index is 12.3. The van der Waals surface area contributed by atoms with E-state index < -0.39 is 10.0 Å². The van der Waals surface area contributed by atoms with Crippen molar-refractivity contribution >= 4 is 21.5 Å². The molecule has 0 aliphatic rings. The van der Waals surface area contributed by atoms with Crippen LogP contribution >= 0.6 is 0 Å². The van der Waals surface area contributed by atoms with Crippen LogP contribution in [0.15, 0.2) is 35.2 Å². The number of nitrogens with one attached hydrogen (secondary N) is 1. The summed E-state index contributed by atoms with van der Waals surface area (Å²) in [6.07, 6.45) is 0. The Morgan fingerprint density at radius 1 is 1.05 bits per heavy atom. The molecule has 0 atom stereocenters. The number of rotatable bonds is 3. The molecule has 0 amide bonds. The summed E-state index contributed by atoms with van der Waals surface area (Å²) in [5, 5.41) is 0. The SMILES string of the molecule is Cc1cc(C)nc(NS(=O)(=O)c2ccc(C)cc2N)c1. The third-order valence-electron chi connectivity index (χ3n) is 2.79. The molecule has 0 unspecified atom stereocenters. The van der Waals surface area contributed by atoms with Crippen molar-refractivity contribution in [1.29, 1.82) is 0 Å². The van der Waals surface area contributed by atoms with Gasteiger partial charge >= 0.3 is 0 Å². The lowest BCUT2D eigenvalue weighted by molar-refractivity contribution is 0.601. The number of pyridine rings is 1. The molecular formula is C14H17N3O2S. The molecule has 0 aliphatic carbocycles.